The molecule has 0 bridgehead atoms. The molecule has 0 aliphatic rings. The summed E-state index contributed by atoms with van der Waals surface area (Å²) in [4.78, 5) is 0. The molecule has 0 fully saturated rings. The molecule has 2 unspecified atom stereocenters. The third kappa shape index (κ3) is 11.0. The lowest BCUT2D eigenvalue weighted by Gasteiger charge is -2.12. The third-order valence-electron chi connectivity index (χ3n) is 2.98. The topological polar surface area (TPSA) is 20.2 Å². The van der Waals surface area contributed by atoms with E-state index in [4.69, 9.17) is 0 Å². The van der Waals surface area contributed by atoms with Crippen molar-refractivity contribution in [2.45, 2.75) is 75.7 Å². The van der Waals surface area contributed by atoms with Crippen LogP contribution in [0, 0.1) is 5.92 Å². The molecule has 1 N–H and O–H groups in total. The van der Waals surface area contributed by atoms with Crippen LogP contribution < -0.4 is 0 Å². The van der Waals surface area contributed by atoms with Gasteiger partial charge in [-0.2, -0.15) is 0 Å². The van der Waals surface area contributed by atoms with Crippen LogP contribution in [0.1, 0.15) is 71.6 Å². The van der Waals surface area contributed by atoms with Crippen molar-refractivity contribution < 1.29 is 5.11 Å². The van der Waals surface area contributed by atoms with Crippen LogP contribution in [0.3, 0.4) is 0 Å². The highest BCUT2D eigenvalue weighted by atomic mass is 127. The zero-order valence-corrected chi connectivity index (χ0v) is 12.5. The Bertz CT molecular complexity index is 126. The summed E-state index contributed by atoms with van der Waals surface area (Å²) in [6, 6.07) is 0. The first kappa shape index (κ1) is 15.7. The number of unbranched alkanes of at least 4 members (excludes halogenated alkanes) is 7. The largest absolute Gasteiger partial charge is 0.382 e. The monoisotopic (exact) mass is 326 g/mol. The zero-order chi connectivity index (χ0) is 11.5. The third-order valence-corrected chi connectivity index (χ3v) is 4.21. The average molecular weight is 326 g/mol. The number of aliphatic hydroxyl groups is 1. The summed E-state index contributed by atoms with van der Waals surface area (Å²) >= 11 is 2.11. The Kier molecular flexibility index (Phi) is 11.7. The molecule has 0 aromatic rings. The highest BCUT2D eigenvalue weighted by Gasteiger charge is 2.08. The summed E-state index contributed by atoms with van der Waals surface area (Å²) < 4.78 is -0.160. The fourth-order valence-electron chi connectivity index (χ4n) is 1.74. The molecular weight excluding hydrogens is 299 g/mol. The van der Waals surface area contributed by atoms with Gasteiger partial charge in [0.1, 0.15) is 4.11 Å². The van der Waals surface area contributed by atoms with Gasteiger partial charge in [-0.05, 0) is 12.3 Å². The van der Waals surface area contributed by atoms with Crippen molar-refractivity contribution in [3.05, 3.63) is 0 Å². The Labute approximate surface area is 109 Å². The second-order valence-corrected chi connectivity index (χ2v) is 5.89. The molecule has 0 aliphatic heterocycles. The van der Waals surface area contributed by atoms with E-state index in [0.717, 1.165) is 0 Å². The summed E-state index contributed by atoms with van der Waals surface area (Å²) in [5, 5.41) is 9.31. The maximum atomic E-state index is 9.31. The lowest BCUT2D eigenvalue weighted by atomic mass is 10.0. The number of halogens is 1. The minimum Gasteiger partial charge on any atom is -0.382 e. The Morgan fingerprint density at radius 1 is 0.933 bits per heavy atom. The van der Waals surface area contributed by atoms with E-state index in [2.05, 4.69) is 36.4 Å². The molecule has 0 radical (unpaired) electrons. The van der Waals surface area contributed by atoms with Crippen LogP contribution in [-0.2, 0) is 0 Å². The summed E-state index contributed by atoms with van der Waals surface area (Å²) in [5.41, 5.74) is 0. The molecule has 0 aromatic heterocycles. The zero-order valence-electron chi connectivity index (χ0n) is 10.3. The van der Waals surface area contributed by atoms with Crippen LogP contribution >= 0.6 is 22.6 Å². The van der Waals surface area contributed by atoms with Gasteiger partial charge >= 0.3 is 0 Å². The number of aliphatic hydroxyl groups excluding tert-OH is 1. The van der Waals surface area contributed by atoms with Gasteiger partial charge in [-0.3, -0.25) is 0 Å². The summed E-state index contributed by atoms with van der Waals surface area (Å²) in [6.07, 6.45) is 12.2. The lowest BCUT2D eigenvalue weighted by molar-refractivity contribution is 0.208. The molecule has 92 valence electrons. The summed E-state index contributed by atoms with van der Waals surface area (Å²) in [7, 11) is 0. The van der Waals surface area contributed by atoms with E-state index >= 15 is 0 Å². The first-order valence-electron chi connectivity index (χ1n) is 6.50. The first-order chi connectivity index (χ1) is 7.18. The van der Waals surface area contributed by atoms with Crippen molar-refractivity contribution in [1.29, 1.82) is 0 Å². The molecule has 0 heterocycles. The van der Waals surface area contributed by atoms with Crippen molar-refractivity contribution in [2.75, 3.05) is 0 Å². The van der Waals surface area contributed by atoms with Crippen molar-refractivity contribution in [3.63, 3.8) is 0 Å². The molecule has 0 spiro atoms. The SMILES string of the molecule is CCCCCCCCCCC(C)C(O)I. The standard InChI is InChI=1S/C13H27IO/c1-3-4-5-6-7-8-9-10-11-12(2)13(14)15/h12-13,15H,3-11H2,1-2H3. The molecule has 2 atom stereocenters. The van der Waals surface area contributed by atoms with Crippen LogP contribution in [0.5, 0.6) is 0 Å². The van der Waals surface area contributed by atoms with E-state index in [0.29, 0.717) is 5.92 Å². The molecule has 0 aromatic carbocycles. The Morgan fingerprint density at radius 2 is 1.40 bits per heavy atom. The van der Waals surface area contributed by atoms with Gasteiger partial charge in [-0.15, -0.1) is 0 Å². The first-order valence-corrected chi connectivity index (χ1v) is 7.75. The molecule has 0 saturated carbocycles. The molecule has 15 heavy (non-hydrogen) atoms. The minimum atomic E-state index is -0.160. The number of rotatable bonds is 10. The predicted octanol–water partition coefficient (Wildman–Crippen LogP) is 4.91. The summed E-state index contributed by atoms with van der Waals surface area (Å²) in [6.45, 7) is 4.40. The van der Waals surface area contributed by atoms with Crippen molar-refractivity contribution in [3.8, 4) is 0 Å². The van der Waals surface area contributed by atoms with E-state index in [1.54, 1.807) is 0 Å². The van der Waals surface area contributed by atoms with Gasteiger partial charge in [0.2, 0.25) is 0 Å². The molecular formula is C13H27IO. The second kappa shape index (κ2) is 11.2. The van der Waals surface area contributed by atoms with E-state index in [1.807, 2.05) is 0 Å². The fraction of sp³-hybridized carbons (Fsp3) is 1.00. The maximum absolute atomic E-state index is 9.31. The van der Waals surface area contributed by atoms with Crippen LogP contribution in [0.2, 0.25) is 0 Å². The lowest BCUT2D eigenvalue weighted by Crippen LogP contribution is -2.08. The summed E-state index contributed by atoms with van der Waals surface area (Å²) in [5.74, 6) is 0.464. The van der Waals surface area contributed by atoms with E-state index in [9.17, 15) is 5.11 Å². The number of hydrogen-bond donors (Lipinski definition) is 1. The smallest absolute Gasteiger partial charge is 0.107 e. The molecule has 2 heteroatoms. The maximum Gasteiger partial charge on any atom is 0.107 e. The van der Waals surface area contributed by atoms with Crippen LogP contribution in [0.4, 0.5) is 0 Å². The average Bonchev–Trinajstić information content (AvgIpc) is 2.21. The molecule has 0 rings (SSSR count). The predicted molar refractivity (Wildman–Crippen MR) is 76.4 cm³/mol. The molecule has 1 nitrogen and oxygen atoms in total. The Balaban J connectivity index is 3.05. The molecule has 0 aliphatic carbocycles. The number of alkyl halides is 1. The highest BCUT2D eigenvalue weighted by molar-refractivity contribution is 14.1. The van der Waals surface area contributed by atoms with Crippen LogP contribution in [0.25, 0.3) is 0 Å². The van der Waals surface area contributed by atoms with E-state index < -0.39 is 0 Å². The van der Waals surface area contributed by atoms with Gasteiger partial charge in [0.15, 0.2) is 0 Å². The van der Waals surface area contributed by atoms with Gasteiger partial charge in [0, 0.05) is 0 Å². The van der Waals surface area contributed by atoms with Crippen molar-refractivity contribution in [2.24, 2.45) is 5.92 Å². The van der Waals surface area contributed by atoms with Crippen molar-refractivity contribution >= 4 is 22.6 Å². The molecule has 0 saturated heterocycles. The minimum absolute atomic E-state index is 0.160. The molecule has 0 amide bonds. The quantitative estimate of drug-likeness (QED) is 0.344. The van der Waals surface area contributed by atoms with Crippen molar-refractivity contribution in [1.82, 2.24) is 0 Å². The van der Waals surface area contributed by atoms with Gasteiger partial charge in [0.25, 0.3) is 0 Å². The van der Waals surface area contributed by atoms with Gasteiger partial charge < -0.3 is 5.11 Å². The second-order valence-electron chi connectivity index (χ2n) is 4.61. The van der Waals surface area contributed by atoms with Crippen LogP contribution in [-0.4, -0.2) is 9.22 Å². The Hall–Kier alpha value is 0.690. The van der Waals surface area contributed by atoms with Gasteiger partial charge in [0.05, 0.1) is 0 Å². The van der Waals surface area contributed by atoms with Crippen LogP contribution in [0.15, 0.2) is 0 Å². The van der Waals surface area contributed by atoms with E-state index in [-0.39, 0.29) is 4.11 Å². The fourth-order valence-corrected chi connectivity index (χ4v) is 2.10. The Morgan fingerprint density at radius 3 is 1.87 bits per heavy atom. The highest BCUT2D eigenvalue weighted by Crippen LogP contribution is 2.18. The van der Waals surface area contributed by atoms with Gasteiger partial charge in [-0.1, -0.05) is 87.8 Å². The van der Waals surface area contributed by atoms with E-state index in [1.165, 1.54) is 57.8 Å². The normalized spacial score (nSPS) is 15.2. The number of hydrogen-bond acceptors (Lipinski definition) is 1. The van der Waals surface area contributed by atoms with Gasteiger partial charge in [-0.25, -0.2) is 0 Å².